The Balaban J connectivity index is 0.000000184. The summed E-state index contributed by atoms with van der Waals surface area (Å²) in [6.45, 7) is 14.6. The van der Waals surface area contributed by atoms with Crippen molar-refractivity contribution in [1.82, 2.24) is 33.5 Å². The maximum absolute atomic E-state index is 13.5. The molecule has 30 nitrogen and oxygen atoms in total. The van der Waals surface area contributed by atoms with Gasteiger partial charge in [0.25, 0.3) is 41.9 Å². The van der Waals surface area contributed by atoms with Crippen molar-refractivity contribution >= 4 is 159 Å². The zero-order valence-electron chi connectivity index (χ0n) is 54.0. The number of thiophene rings is 3. The quantitative estimate of drug-likeness (QED) is 0.102. The smallest absolute Gasteiger partial charge is 0.414 e. The lowest BCUT2D eigenvalue weighted by Gasteiger charge is -2.45. The number of pyridine rings is 2. The number of nitrogens with one attached hydrogen (secondary N) is 4. The minimum Gasteiger partial charge on any atom is -0.444 e. The van der Waals surface area contributed by atoms with E-state index in [2.05, 4.69) is 46.2 Å². The molecule has 3 saturated heterocycles. The molecule has 11 heterocycles. The highest BCUT2D eigenvalue weighted by Gasteiger charge is 2.60. The number of aromatic nitrogens is 2. The third-order valence-electron chi connectivity index (χ3n) is 15.0. The predicted octanol–water partition coefficient (Wildman–Crippen LogP) is 8.43. The minimum atomic E-state index is -4.14. The molecule has 5 aromatic rings. The summed E-state index contributed by atoms with van der Waals surface area (Å²) in [6, 6.07) is 15.2. The zero-order chi connectivity index (χ0) is 71.6. The van der Waals surface area contributed by atoms with Gasteiger partial charge in [-0.15, -0.1) is 34.0 Å². The Kier molecular flexibility index (Phi) is 23.1. The first-order valence-electron chi connectivity index (χ1n) is 29.4. The van der Waals surface area contributed by atoms with E-state index in [-0.39, 0.29) is 58.6 Å². The number of aryl methyl sites for hydroxylation is 2. The van der Waals surface area contributed by atoms with Crippen molar-refractivity contribution in [2.45, 2.75) is 138 Å². The highest BCUT2D eigenvalue weighted by Crippen LogP contribution is 2.53. The lowest BCUT2D eigenvalue weighted by Crippen LogP contribution is -2.61. The normalized spacial score (nSPS) is 24.4. The van der Waals surface area contributed by atoms with Gasteiger partial charge in [-0.1, -0.05) is 46.9 Å². The number of hydrogen-bond donors (Lipinski definition) is 5. The minimum absolute atomic E-state index is 0.115. The largest absolute Gasteiger partial charge is 0.444 e. The molecule has 0 radical (unpaired) electrons. The molecule has 39 heteroatoms. The van der Waals surface area contributed by atoms with Crippen LogP contribution in [0.1, 0.15) is 125 Å². The van der Waals surface area contributed by atoms with Crippen LogP contribution < -0.4 is 27.0 Å². The Morgan fingerprint density at radius 2 is 0.938 bits per heavy atom. The summed E-state index contributed by atoms with van der Waals surface area (Å²) in [5.74, 6) is -0.553. The average molecular weight is 1520 g/mol. The molecule has 4 amide bonds. The van der Waals surface area contributed by atoms with Gasteiger partial charge in [0.05, 0.1) is 39.5 Å². The second-order valence-electron chi connectivity index (χ2n) is 24.3. The van der Waals surface area contributed by atoms with Crippen LogP contribution in [0.2, 0.25) is 15.1 Å². The van der Waals surface area contributed by atoms with Crippen molar-refractivity contribution < 1.29 is 77.7 Å². The van der Waals surface area contributed by atoms with E-state index < -0.39 is 98.2 Å². The standard InChI is InChI=1S/C23H28ClN5O6S2.C18H20ClN5O4S2.C16H22ClN3O5S2.CO2/c1-13-8-6-9-16(25-13)26-18(30)15-12-14(24)17(36-15)23-10-7-11-34-19(23)37(32,33)29(5)20(28-23)27-21(31)35-22(2,3)4;1-10-5-3-6-13(21-10)22-15(25)12-9-11(19)14(29-12)18-7-4-8-28-16(18)30(26,27)24(2)17(20)23-18;1-15(2,3)25-14(21)18-13-19-16(11-10(17)6-9-26-11)7-5-8-24-12(16)27(22,23)20(13)4;2-1-3/h6,8-9,12,19H,7,10-11H2,1-5H3,(H,25,26,30)(H,27,28,31);3,5-6,9,16H,4,7-8H2,1-2H3,(H2,20,23)(H,21,22,25);6,9,12H,5,7-8H2,1-4H3,(H,18,19,21);/t19?,23-;16?,18-;12?,16-;/m111./s1. The van der Waals surface area contributed by atoms with E-state index in [0.717, 1.165) is 47.0 Å². The van der Waals surface area contributed by atoms with E-state index in [1.165, 1.54) is 44.6 Å². The fraction of sp³-hybridized carbons (Fsp3) is 0.483. The Bertz CT molecular complexity index is 4340. The van der Waals surface area contributed by atoms with Crippen molar-refractivity contribution in [3.05, 3.63) is 111 Å². The molecule has 0 saturated carbocycles. The van der Waals surface area contributed by atoms with E-state index >= 15 is 0 Å². The third kappa shape index (κ3) is 16.2. The summed E-state index contributed by atoms with van der Waals surface area (Å²) < 4.78 is 110. The van der Waals surface area contributed by atoms with E-state index in [4.69, 9.17) is 73.8 Å². The molecule has 5 aromatic heterocycles. The van der Waals surface area contributed by atoms with Crippen molar-refractivity contribution in [2.75, 3.05) is 51.6 Å². The molecule has 0 spiro atoms. The Labute approximate surface area is 586 Å². The number of fused-ring (bicyclic) bond motifs is 3. The lowest BCUT2D eigenvalue weighted by atomic mass is 9.90. The number of nitrogens with zero attached hydrogens (tertiary/aromatic N) is 8. The molecule has 6 aliphatic rings. The first-order valence-corrected chi connectivity index (χ1v) is 37.6. The van der Waals surface area contributed by atoms with Crippen molar-refractivity contribution in [3.63, 3.8) is 0 Å². The summed E-state index contributed by atoms with van der Waals surface area (Å²) in [4.78, 5) is 91.0. The Hall–Kier alpha value is -6.93. The summed E-state index contributed by atoms with van der Waals surface area (Å²) in [6.07, 6.45) is 1.37. The fourth-order valence-corrected chi connectivity index (χ4v) is 20.6. The first kappa shape index (κ1) is 75.8. The van der Waals surface area contributed by atoms with Crippen molar-refractivity contribution in [1.29, 1.82) is 0 Å². The van der Waals surface area contributed by atoms with Crippen LogP contribution in [0, 0.1) is 13.8 Å². The van der Waals surface area contributed by atoms with Gasteiger partial charge in [-0.3, -0.25) is 20.2 Å². The van der Waals surface area contributed by atoms with Crippen LogP contribution in [0.3, 0.4) is 0 Å². The zero-order valence-corrected chi connectivity index (χ0v) is 61.2. The third-order valence-corrected chi connectivity index (χ3v) is 25.9. The monoisotopic (exact) mass is 1520 g/mol. The number of aliphatic imine (C=N–C) groups is 3. The number of hydrogen-bond acceptors (Lipinski definition) is 26. The predicted molar refractivity (Wildman–Crippen MR) is 364 cm³/mol. The molecule has 6 atom stereocenters. The van der Waals surface area contributed by atoms with Crippen LogP contribution in [0.25, 0.3) is 0 Å². The second-order valence-corrected chi connectivity index (χ2v) is 34.6. The number of nitrogens with two attached hydrogens (primary N) is 1. The lowest BCUT2D eigenvalue weighted by molar-refractivity contribution is -0.191. The highest BCUT2D eigenvalue weighted by atomic mass is 35.5. The number of carbonyl (C=O) groups is 4. The Morgan fingerprint density at radius 3 is 1.29 bits per heavy atom. The molecule has 0 aliphatic carbocycles. The van der Waals surface area contributed by atoms with Gasteiger partial charge in [-0.25, -0.2) is 72.7 Å². The maximum atomic E-state index is 13.5. The van der Waals surface area contributed by atoms with E-state index in [1.807, 2.05) is 13.0 Å². The number of halogens is 3. The van der Waals surface area contributed by atoms with Gasteiger partial charge in [0.15, 0.2) is 0 Å². The molecule has 3 unspecified atom stereocenters. The van der Waals surface area contributed by atoms with Crippen LogP contribution in [-0.2, 0) is 80.0 Å². The van der Waals surface area contributed by atoms with Crippen LogP contribution in [0.15, 0.2) is 75.0 Å². The molecule has 6 aliphatic heterocycles. The first-order chi connectivity index (χ1) is 45.3. The number of anilines is 2. The number of ether oxygens (including phenoxy) is 5. The van der Waals surface area contributed by atoms with Crippen LogP contribution in [0.4, 0.5) is 21.2 Å². The summed E-state index contributed by atoms with van der Waals surface area (Å²) in [5, 5.41) is 13.0. The van der Waals surface area contributed by atoms with E-state index in [1.54, 1.807) is 90.2 Å². The van der Waals surface area contributed by atoms with Crippen molar-refractivity contribution in [2.24, 2.45) is 20.7 Å². The van der Waals surface area contributed by atoms with E-state index in [9.17, 15) is 44.4 Å². The molecule has 97 heavy (non-hydrogen) atoms. The molecular formula is C58H70Cl3N13O17S6. The number of sulfonamides is 3. The fourth-order valence-electron chi connectivity index (χ4n) is 10.8. The summed E-state index contributed by atoms with van der Waals surface area (Å²) in [5.41, 5.74) is -1.96. The van der Waals surface area contributed by atoms with Crippen LogP contribution in [-0.4, -0.2) is 165 Å². The number of rotatable bonds is 7. The topological polar surface area (TPSA) is 398 Å². The molecular weight excluding hydrogens is 1450 g/mol. The maximum Gasteiger partial charge on any atom is 0.414 e. The Morgan fingerprint density at radius 1 is 0.577 bits per heavy atom. The highest BCUT2D eigenvalue weighted by molar-refractivity contribution is 7.90. The van der Waals surface area contributed by atoms with Crippen molar-refractivity contribution in [3.8, 4) is 0 Å². The molecule has 6 N–H and O–H groups in total. The van der Waals surface area contributed by atoms with Gasteiger partial charge in [0.2, 0.25) is 34.2 Å². The van der Waals surface area contributed by atoms with Crippen LogP contribution >= 0.6 is 68.8 Å². The molecule has 0 aromatic carbocycles. The van der Waals surface area contributed by atoms with Gasteiger partial charge in [0.1, 0.15) is 39.5 Å². The molecule has 11 rings (SSSR count). The number of carbonyl (C=O) groups excluding carboxylic acids is 6. The molecule has 0 bridgehead atoms. The molecule has 526 valence electrons. The molecule has 3 fully saturated rings. The number of guanidine groups is 3. The number of amides is 4. The van der Waals surface area contributed by atoms with Gasteiger partial charge in [0, 0.05) is 52.4 Å². The van der Waals surface area contributed by atoms with Crippen LogP contribution in [0.5, 0.6) is 0 Å². The number of alkyl carbamates (subject to hydrolysis) is 2. The summed E-state index contributed by atoms with van der Waals surface area (Å²) >= 11 is 22.8. The van der Waals surface area contributed by atoms with Gasteiger partial charge >= 0.3 is 18.3 Å². The van der Waals surface area contributed by atoms with Gasteiger partial charge < -0.3 is 40.1 Å². The summed E-state index contributed by atoms with van der Waals surface area (Å²) in [7, 11) is -8.06. The second kappa shape index (κ2) is 29.5. The van der Waals surface area contributed by atoms with E-state index in [0.29, 0.717) is 74.9 Å². The van der Waals surface area contributed by atoms with Gasteiger partial charge in [-0.2, -0.15) is 9.59 Å². The van der Waals surface area contributed by atoms with Gasteiger partial charge in [-0.05, 0) is 142 Å². The average Bonchev–Trinajstić information content (AvgIpc) is 1.73. The SMILES string of the molecule is CN1C(NC(=O)OC(C)(C)C)=N[C@@]2(c3sccc3Cl)CCCOC2S1(=O)=O.Cc1cccc(NC(=O)c2cc(Cl)c([C@]34CCCOC3S(=O)(=O)N(C)C(N)=N4)s2)n1.Cc1cccc(NC(=O)c2cc(Cl)c([C@]34CCCOC3S(=O)(=O)N(C)C(NC(=O)OC(C)(C)C)=N4)s2)n1.O=C=O.